The third-order valence-corrected chi connectivity index (χ3v) is 3.71. The number of benzene rings is 1. The highest BCUT2D eigenvalue weighted by molar-refractivity contribution is 9.10. The topological polar surface area (TPSA) is 15.3 Å². The number of halogens is 3. The van der Waals surface area contributed by atoms with E-state index in [1.54, 1.807) is 6.07 Å². The van der Waals surface area contributed by atoms with Gasteiger partial charge in [0, 0.05) is 36.7 Å². The van der Waals surface area contributed by atoms with E-state index in [0.717, 1.165) is 42.6 Å². The zero-order valence-electron chi connectivity index (χ0n) is 10.7. The number of piperazine rings is 1. The Morgan fingerprint density at radius 1 is 1.37 bits per heavy atom. The van der Waals surface area contributed by atoms with Crippen molar-refractivity contribution >= 4 is 28.3 Å². The lowest BCUT2D eigenvalue weighted by Gasteiger charge is -2.34. The molecule has 1 N–H and O–H groups in total. The molecule has 1 atom stereocenters. The van der Waals surface area contributed by atoms with Crippen LogP contribution in [-0.2, 0) is 0 Å². The molecule has 1 aromatic carbocycles. The maximum atomic E-state index is 13.5. The Kier molecular flexibility index (Phi) is 7.00. The predicted octanol–water partition coefficient (Wildman–Crippen LogP) is 3.53. The number of hydrogen-bond acceptors (Lipinski definition) is 2. The summed E-state index contributed by atoms with van der Waals surface area (Å²) in [6, 6.07) is 5.34. The first-order valence-corrected chi connectivity index (χ1v) is 7.01. The fraction of sp³-hybridized carbons (Fsp3) is 0.429. The summed E-state index contributed by atoms with van der Waals surface area (Å²) in [4.78, 5) is 2.39. The molecule has 0 aliphatic carbocycles. The Hall–Kier alpha value is -0.420. The van der Waals surface area contributed by atoms with E-state index in [9.17, 15) is 4.39 Å². The Bertz CT molecular complexity index is 402. The number of nitrogens with one attached hydrogen (secondary N) is 1. The largest absolute Gasteiger partial charge is 0.314 e. The zero-order chi connectivity index (χ0) is 13.0. The van der Waals surface area contributed by atoms with Crippen LogP contribution in [0.1, 0.15) is 18.0 Å². The molecule has 5 heteroatoms. The van der Waals surface area contributed by atoms with Gasteiger partial charge in [0.05, 0.1) is 0 Å². The SMILES string of the molecule is C=CC[C@H](c1cc(F)cc(Br)c1)N1CCNCC1.Cl. The Morgan fingerprint density at radius 2 is 2.05 bits per heavy atom. The molecular weight excluding hydrogens is 331 g/mol. The van der Waals surface area contributed by atoms with E-state index in [1.165, 1.54) is 6.07 Å². The Morgan fingerprint density at radius 3 is 2.63 bits per heavy atom. The summed E-state index contributed by atoms with van der Waals surface area (Å²) in [6.07, 6.45) is 2.75. The molecule has 1 fully saturated rings. The summed E-state index contributed by atoms with van der Waals surface area (Å²) in [7, 11) is 0. The molecule has 106 valence electrons. The molecule has 0 bridgehead atoms. The molecule has 0 radical (unpaired) electrons. The highest BCUT2D eigenvalue weighted by Gasteiger charge is 2.21. The summed E-state index contributed by atoms with van der Waals surface area (Å²) in [6.45, 7) is 7.78. The van der Waals surface area contributed by atoms with Gasteiger partial charge in [-0.3, -0.25) is 4.90 Å². The van der Waals surface area contributed by atoms with Gasteiger partial charge in [0.1, 0.15) is 5.82 Å². The molecule has 0 saturated carbocycles. The number of rotatable bonds is 4. The van der Waals surface area contributed by atoms with Crippen molar-refractivity contribution in [2.45, 2.75) is 12.5 Å². The van der Waals surface area contributed by atoms with Crippen molar-refractivity contribution in [1.82, 2.24) is 10.2 Å². The van der Waals surface area contributed by atoms with E-state index in [1.807, 2.05) is 12.1 Å². The van der Waals surface area contributed by atoms with Gasteiger partial charge in [0.25, 0.3) is 0 Å². The Labute approximate surface area is 128 Å². The van der Waals surface area contributed by atoms with Gasteiger partial charge in [-0.15, -0.1) is 19.0 Å². The van der Waals surface area contributed by atoms with Gasteiger partial charge >= 0.3 is 0 Å². The molecule has 1 heterocycles. The fourth-order valence-corrected chi connectivity index (χ4v) is 2.90. The van der Waals surface area contributed by atoms with E-state index >= 15 is 0 Å². The molecule has 1 aliphatic heterocycles. The van der Waals surface area contributed by atoms with Crippen molar-refractivity contribution in [2.75, 3.05) is 26.2 Å². The van der Waals surface area contributed by atoms with Gasteiger partial charge in [-0.25, -0.2) is 4.39 Å². The fourth-order valence-electron chi connectivity index (χ4n) is 2.42. The van der Waals surface area contributed by atoms with Gasteiger partial charge in [0.2, 0.25) is 0 Å². The van der Waals surface area contributed by atoms with Crippen LogP contribution in [0.3, 0.4) is 0 Å². The second-order valence-corrected chi connectivity index (χ2v) is 5.44. The first-order valence-electron chi connectivity index (χ1n) is 6.22. The minimum Gasteiger partial charge on any atom is -0.314 e. The third-order valence-electron chi connectivity index (χ3n) is 3.25. The minimum absolute atomic E-state index is 0. The molecule has 1 aliphatic rings. The molecule has 0 spiro atoms. The second-order valence-electron chi connectivity index (χ2n) is 4.53. The predicted molar refractivity (Wildman–Crippen MR) is 83.3 cm³/mol. The quantitative estimate of drug-likeness (QED) is 0.837. The molecular formula is C14H19BrClFN2. The average molecular weight is 350 g/mol. The van der Waals surface area contributed by atoms with Crippen LogP contribution in [0, 0.1) is 5.82 Å². The average Bonchev–Trinajstić information content (AvgIpc) is 2.36. The molecule has 1 saturated heterocycles. The van der Waals surface area contributed by atoms with Crippen LogP contribution >= 0.6 is 28.3 Å². The molecule has 0 aromatic heterocycles. The lowest BCUT2D eigenvalue weighted by molar-refractivity contribution is 0.174. The maximum absolute atomic E-state index is 13.5. The van der Waals surface area contributed by atoms with Crippen molar-refractivity contribution < 1.29 is 4.39 Å². The van der Waals surface area contributed by atoms with Crippen LogP contribution in [0.15, 0.2) is 35.3 Å². The lowest BCUT2D eigenvalue weighted by Crippen LogP contribution is -2.45. The standard InChI is InChI=1S/C14H18BrFN2.ClH/c1-2-3-14(18-6-4-17-5-7-18)11-8-12(15)10-13(16)9-11;/h2,8-10,14,17H,1,3-7H2;1H/t14-;/m1./s1. The van der Waals surface area contributed by atoms with Crippen molar-refractivity contribution in [1.29, 1.82) is 0 Å². The van der Waals surface area contributed by atoms with Gasteiger partial charge in [-0.05, 0) is 30.2 Å². The van der Waals surface area contributed by atoms with E-state index in [4.69, 9.17) is 0 Å². The summed E-state index contributed by atoms with van der Waals surface area (Å²) < 4.78 is 14.3. The molecule has 2 nitrogen and oxygen atoms in total. The summed E-state index contributed by atoms with van der Waals surface area (Å²) in [5, 5.41) is 3.34. The highest BCUT2D eigenvalue weighted by atomic mass is 79.9. The van der Waals surface area contributed by atoms with Crippen LogP contribution in [0.5, 0.6) is 0 Å². The monoisotopic (exact) mass is 348 g/mol. The van der Waals surface area contributed by atoms with Crippen molar-refractivity contribution in [3.05, 3.63) is 46.7 Å². The summed E-state index contributed by atoms with van der Waals surface area (Å²) >= 11 is 3.36. The number of hydrogen-bond donors (Lipinski definition) is 1. The number of nitrogens with zero attached hydrogens (tertiary/aromatic N) is 1. The van der Waals surface area contributed by atoms with Crippen LogP contribution in [0.2, 0.25) is 0 Å². The molecule has 1 aromatic rings. The first-order chi connectivity index (χ1) is 8.70. The van der Waals surface area contributed by atoms with Crippen LogP contribution < -0.4 is 5.32 Å². The van der Waals surface area contributed by atoms with Crippen molar-refractivity contribution in [2.24, 2.45) is 0 Å². The van der Waals surface area contributed by atoms with Gasteiger partial charge in [0.15, 0.2) is 0 Å². The normalized spacial score (nSPS) is 17.6. The van der Waals surface area contributed by atoms with Gasteiger partial charge in [-0.2, -0.15) is 0 Å². The second kappa shape index (κ2) is 8.00. The zero-order valence-corrected chi connectivity index (χ0v) is 13.1. The summed E-state index contributed by atoms with van der Waals surface area (Å²) in [5.41, 5.74) is 1.02. The minimum atomic E-state index is -0.191. The van der Waals surface area contributed by atoms with Gasteiger partial charge < -0.3 is 5.32 Å². The molecule has 0 unspecified atom stereocenters. The molecule has 2 rings (SSSR count). The van der Waals surface area contributed by atoms with Crippen LogP contribution in [0.25, 0.3) is 0 Å². The van der Waals surface area contributed by atoms with Crippen molar-refractivity contribution in [3.8, 4) is 0 Å². The van der Waals surface area contributed by atoms with E-state index in [0.29, 0.717) is 0 Å². The summed E-state index contributed by atoms with van der Waals surface area (Å²) in [5.74, 6) is -0.191. The Balaban J connectivity index is 0.00000180. The van der Waals surface area contributed by atoms with Crippen LogP contribution in [0.4, 0.5) is 4.39 Å². The van der Waals surface area contributed by atoms with Crippen molar-refractivity contribution in [3.63, 3.8) is 0 Å². The maximum Gasteiger partial charge on any atom is 0.124 e. The molecule has 0 amide bonds. The van der Waals surface area contributed by atoms with E-state index in [2.05, 4.69) is 32.7 Å². The van der Waals surface area contributed by atoms with E-state index < -0.39 is 0 Å². The van der Waals surface area contributed by atoms with E-state index in [-0.39, 0.29) is 24.3 Å². The third kappa shape index (κ3) is 4.56. The first kappa shape index (κ1) is 16.6. The highest BCUT2D eigenvalue weighted by Crippen LogP contribution is 2.28. The van der Waals surface area contributed by atoms with Crippen LogP contribution in [-0.4, -0.2) is 31.1 Å². The smallest absolute Gasteiger partial charge is 0.124 e. The molecule has 19 heavy (non-hydrogen) atoms. The van der Waals surface area contributed by atoms with Gasteiger partial charge in [-0.1, -0.05) is 22.0 Å². The lowest BCUT2D eigenvalue weighted by atomic mass is 10.0.